The van der Waals surface area contributed by atoms with Crippen molar-refractivity contribution in [2.24, 2.45) is 0 Å². The van der Waals surface area contributed by atoms with Crippen molar-refractivity contribution in [2.75, 3.05) is 5.33 Å². The van der Waals surface area contributed by atoms with Gasteiger partial charge in [0.1, 0.15) is 5.52 Å². The van der Waals surface area contributed by atoms with E-state index in [1.807, 2.05) is 25.1 Å². The number of benzene rings is 1. The fourth-order valence-corrected chi connectivity index (χ4v) is 1.39. The van der Waals surface area contributed by atoms with Crippen LogP contribution in [0.15, 0.2) is 22.6 Å². The highest BCUT2D eigenvalue weighted by atomic mass is 79.9. The molecule has 0 bridgehead atoms. The molecule has 1 aromatic heterocycles. The summed E-state index contributed by atoms with van der Waals surface area (Å²) in [6.07, 6.45) is 0. The summed E-state index contributed by atoms with van der Waals surface area (Å²) in [6, 6.07) is 5.77. The third-order valence-corrected chi connectivity index (χ3v) is 2.08. The molecule has 3 heteroatoms. The molecule has 0 saturated heterocycles. The van der Waals surface area contributed by atoms with Gasteiger partial charge in [0.2, 0.25) is 0 Å². The molecule has 0 unspecified atom stereocenters. The Morgan fingerprint density at radius 1 is 1.50 bits per heavy atom. The molecule has 0 radical (unpaired) electrons. The van der Waals surface area contributed by atoms with Gasteiger partial charge in [-0.1, -0.05) is 27.8 Å². The molecule has 0 amide bonds. The van der Waals surface area contributed by atoms with Gasteiger partial charge in [0.05, 0.1) is 5.33 Å². The Morgan fingerprint density at radius 3 is 3.14 bits per heavy atom. The number of alkyl halides is 1. The summed E-state index contributed by atoms with van der Waals surface area (Å²) in [5.41, 5.74) is 2.63. The van der Waals surface area contributed by atoms with Crippen molar-refractivity contribution in [1.82, 2.24) is 4.98 Å². The van der Waals surface area contributed by atoms with E-state index in [-0.39, 0.29) is 0 Å². The molecule has 0 aliphatic carbocycles. The average molecular weight is 250 g/mol. The summed E-state index contributed by atoms with van der Waals surface area (Å²) in [4.78, 5) is 4.21. The lowest BCUT2D eigenvalue weighted by Crippen LogP contribution is -1.74. The first kappa shape index (κ1) is 9.29. The number of aromatic nitrogens is 1. The van der Waals surface area contributed by atoms with Gasteiger partial charge in [-0.3, -0.25) is 0 Å². The third kappa shape index (κ3) is 1.80. The van der Waals surface area contributed by atoms with Gasteiger partial charge < -0.3 is 4.42 Å². The Labute approximate surface area is 90.5 Å². The fraction of sp³-hybridized carbons (Fsp3) is 0.182. The molecule has 0 saturated carbocycles. The number of halogens is 1. The van der Waals surface area contributed by atoms with E-state index in [0.717, 1.165) is 16.7 Å². The molecule has 0 fully saturated rings. The maximum absolute atomic E-state index is 5.40. The first-order valence-corrected chi connectivity index (χ1v) is 5.34. The summed E-state index contributed by atoms with van der Waals surface area (Å²) >= 11 is 3.25. The highest BCUT2D eigenvalue weighted by molar-refractivity contribution is 9.09. The van der Waals surface area contributed by atoms with Crippen molar-refractivity contribution in [2.45, 2.75) is 6.92 Å². The second-order valence-corrected chi connectivity index (χ2v) is 3.41. The Bertz CT molecular complexity index is 519. The molecule has 1 aromatic carbocycles. The summed E-state index contributed by atoms with van der Waals surface area (Å²) in [7, 11) is 0. The van der Waals surface area contributed by atoms with Crippen molar-refractivity contribution in [3.05, 3.63) is 29.7 Å². The van der Waals surface area contributed by atoms with E-state index < -0.39 is 0 Å². The van der Waals surface area contributed by atoms with E-state index in [4.69, 9.17) is 4.42 Å². The van der Waals surface area contributed by atoms with E-state index in [2.05, 4.69) is 32.8 Å². The molecule has 2 nitrogen and oxygen atoms in total. The van der Waals surface area contributed by atoms with Gasteiger partial charge >= 0.3 is 0 Å². The van der Waals surface area contributed by atoms with E-state index in [9.17, 15) is 0 Å². The number of hydrogen-bond acceptors (Lipinski definition) is 2. The standard InChI is InChI=1S/C11H8BrNO/c1-8-13-10-5-4-9(3-2-6-12)7-11(10)14-8/h4-5,7H,6H2,1H3. The Kier molecular flexibility index (Phi) is 2.55. The molecule has 14 heavy (non-hydrogen) atoms. The molecule has 0 atom stereocenters. The largest absolute Gasteiger partial charge is 0.441 e. The minimum Gasteiger partial charge on any atom is -0.441 e. The maximum atomic E-state index is 5.40. The van der Waals surface area contributed by atoms with E-state index in [1.165, 1.54) is 0 Å². The zero-order chi connectivity index (χ0) is 9.97. The smallest absolute Gasteiger partial charge is 0.192 e. The zero-order valence-corrected chi connectivity index (χ0v) is 9.26. The molecular weight excluding hydrogens is 242 g/mol. The average Bonchev–Trinajstić information content (AvgIpc) is 2.54. The highest BCUT2D eigenvalue weighted by Gasteiger charge is 2.01. The van der Waals surface area contributed by atoms with Crippen LogP contribution in [0.1, 0.15) is 11.5 Å². The first-order valence-electron chi connectivity index (χ1n) is 4.21. The number of rotatable bonds is 0. The molecule has 2 aromatic rings. The molecule has 70 valence electrons. The van der Waals surface area contributed by atoms with Crippen LogP contribution in [-0.4, -0.2) is 10.3 Å². The second kappa shape index (κ2) is 3.85. The Morgan fingerprint density at radius 2 is 2.36 bits per heavy atom. The van der Waals surface area contributed by atoms with Crippen LogP contribution in [0.3, 0.4) is 0 Å². The number of aryl methyl sites for hydroxylation is 1. The Balaban J connectivity index is 2.50. The fourth-order valence-electron chi connectivity index (χ4n) is 1.25. The van der Waals surface area contributed by atoms with Gasteiger partial charge in [-0.25, -0.2) is 4.98 Å². The predicted octanol–water partition coefficient (Wildman–Crippen LogP) is 2.88. The van der Waals surface area contributed by atoms with E-state index >= 15 is 0 Å². The molecule has 1 heterocycles. The minimum absolute atomic E-state index is 0.681. The number of hydrogen-bond donors (Lipinski definition) is 0. The SMILES string of the molecule is Cc1nc2ccc(C#CCBr)cc2o1. The van der Waals surface area contributed by atoms with Crippen LogP contribution in [0.2, 0.25) is 0 Å². The number of oxazole rings is 1. The number of fused-ring (bicyclic) bond motifs is 1. The molecule has 0 N–H and O–H groups in total. The van der Waals surface area contributed by atoms with Crippen molar-refractivity contribution < 1.29 is 4.42 Å². The Hall–Kier alpha value is -1.27. The normalized spacial score (nSPS) is 9.86. The first-order chi connectivity index (χ1) is 6.79. The van der Waals surface area contributed by atoms with Crippen LogP contribution in [0.5, 0.6) is 0 Å². The van der Waals surface area contributed by atoms with Gasteiger partial charge in [-0.05, 0) is 18.2 Å². The quantitative estimate of drug-likeness (QED) is 0.530. The lowest BCUT2D eigenvalue weighted by Gasteiger charge is -1.88. The number of nitrogens with zero attached hydrogens (tertiary/aromatic N) is 1. The minimum atomic E-state index is 0.681. The van der Waals surface area contributed by atoms with Crippen LogP contribution in [0, 0.1) is 18.8 Å². The predicted molar refractivity (Wildman–Crippen MR) is 59.4 cm³/mol. The molecule has 0 aliphatic rings. The van der Waals surface area contributed by atoms with Crippen LogP contribution >= 0.6 is 15.9 Å². The van der Waals surface area contributed by atoms with Crippen LogP contribution in [0.25, 0.3) is 11.1 Å². The van der Waals surface area contributed by atoms with E-state index in [0.29, 0.717) is 11.2 Å². The zero-order valence-electron chi connectivity index (χ0n) is 7.67. The third-order valence-electron chi connectivity index (χ3n) is 1.79. The van der Waals surface area contributed by atoms with E-state index in [1.54, 1.807) is 0 Å². The monoisotopic (exact) mass is 249 g/mol. The highest BCUT2D eigenvalue weighted by Crippen LogP contribution is 2.16. The molecule has 0 aliphatic heterocycles. The lowest BCUT2D eigenvalue weighted by molar-refractivity contribution is 0.561. The van der Waals surface area contributed by atoms with Crippen molar-refractivity contribution in [3.8, 4) is 11.8 Å². The van der Waals surface area contributed by atoms with Crippen LogP contribution in [-0.2, 0) is 0 Å². The van der Waals surface area contributed by atoms with Crippen molar-refractivity contribution in [1.29, 1.82) is 0 Å². The van der Waals surface area contributed by atoms with Gasteiger partial charge in [0, 0.05) is 12.5 Å². The lowest BCUT2D eigenvalue weighted by atomic mass is 10.2. The summed E-state index contributed by atoms with van der Waals surface area (Å²) in [5.74, 6) is 6.64. The summed E-state index contributed by atoms with van der Waals surface area (Å²) < 4.78 is 5.40. The van der Waals surface area contributed by atoms with Gasteiger partial charge in [0.25, 0.3) is 0 Å². The van der Waals surface area contributed by atoms with Crippen LogP contribution in [0.4, 0.5) is 0 Å². The summed E-state index contributed by atoms with van der Waals surface area (Å²) in [6.45, 7) is 1.84. The summed E-state index contributed by atoms with van der Waals surface area (Å²) in [5, 5.41) is 0.681. The van der Waals surface area contributed by atoms with Crippen molar-refractivity contribution in [3.63, 3.8) is 0 Å². The van der Waals surface area contributed by atoms with Gasteiger partial charge in [-0.2, -0.15) is 0 Å². The maximum Gasteiger partial charge on any atom is 0.192 e. The van der Waals surface area contributed by atoms with Crippen molar-refractivity contribution >= 4 is 27.0 Å². The topological polar surface area (TPSA) is 26.0 Å². The molecular formula is C11H8BrNO. The molecule has 0 spiro atoms. The molecule has 2 rings (SSSR count). The second-order valence-electron chi connectivity index (χ2n) is 2.85. The van der Waals surface area contributed by atoms with Gasteiger partial charge in [0.15, 0.2) is 11.5 Å². The van der Waals surface area contributed by atoms with Crippen LogP contribution < -0.4 is 0 Å². The van der Waals surface area contributed by atoms with Gasteiger partial charge in [-0.15, -0.1) is 0 Å².